The largest absolute Gasteiger partial charge is 0.346 e. The predicted octanol–water partition coefficient (Wildman–Crippen LogP) is 5.75. The van der Waals surface area contributed by atoms with Crippen molar-refractivity contribution in [1.29, 1.82) is 0 Å². The molecule has 2 N–H and O–H groups in total. The zero-order valence-electron chi connectivity index (χ0n) is 22.2. The molecule has 2 aliphatic heterocycles. The van der Waals surface area contributed by atoms with Crippen molar-refractivity contribution in [2.45, 2.75) is 69.2 Å². The number of nitrogens with one attached hydrogen (secondary N) is 2. The van der Waals surface area contributed by atoms with E-state index in [-0.39, 0.29) is 16.9 Å². The minimum Gasteiger partial charge on any atom is -0.346 e. The molecule has 1 aromatic carbocycles. The van der Waals surface area contributed by atoms with Gasteiger partial charge < -0.3 is 15.2 Å². The van der Waals surface area contributed by atoms with E-state index in [9.17, 15) is 4.79 Å². The van der Waals surface area contributed by atoms with Gasteiger partial charge in [0, 0.05) is 66.0 Å². The summed E-state index contributed by atoms with van der Waals surface area (Å²) in [5.74, 6) is 0. The number of carbonyl (C=O) groups is 1. The van der Waals surface area contributed by atoms with Gasteiger partial charge >= 0.3 is 6.03 Å². The van der Waals surface area contributed by atoms with Gasteiger partial charge in [-0.3, -0.25) is 4.68 Å². The Labute approximate surface area is 223 Å². The second kappa shape index (κ2) is 9.00. The highest BCUT2D eigenvalue weighted by molar-refractivity contribution is 5.86. The number of benzene rings is 1. The number of likely N-dealkylation sites (tertiary alicyclic amines) is 1. The van der Waals surface area contributed by atoms with E-state index < -0.39 is 0 Å². The van der Waals surface area contributed by atoms with Crippen molar-refractivity contribution in [2.24, 2.45) is 0 Å². The maximum Gasteiger partial charge on any atom is 0.317 e. The van der Waals surface area contributed by atoms with Crippen LogP contribution in [0.3, 0.4) is 0 Å². The summed E-state index contributed by atoms with van der Waals surface area (Å²) in [6, 6.07) is 15.7. The number of fused-ring (bicyclic) bond motifs is 3. The molecule has 7 heteroatoms. The Morgan fingerprint density at radius 2 is 1.87 bits per heavy atom. The maximum atomic E-state index is 12.5. The minimum atomic E-state index is 0.00652. The SMILES string of the molecule is CCNC(=O)N1CCC2(CCn3nc(-c4cnc5[nH]cc(C6(c7ccccc7)CCCCC6)c5c4)cc32)C1. The van der Waals surface area contributed by atoms with Crippen LogP contribution in [0.25, 0.3) is 22.3 Å². The van der Waals surface area contributed by atoms with Crippen LogP contribution in [-0.4, -0.2) is 50.3 Å². The average molecular weight is 509 g/mol. The molecule has 38 heavy (non-hydrogen) atoms. The number of amides is 2. The number of rotatable bonds is 4. The van der Waals surface area contributed by atoms with Crippen molar-refractivity contribution in [3.63, 3.8) is 0 Å². The van der Waals surface area contributed by atoms with Gasteiger partial charge in [-0.15, -0.1) is 0 Å². The highest BCUT2D eigenvalue weighted by atomic mass is 16.2. The van der Waals surface area contributed by atoms with Gasteiger partial charge in [-0.25, -0.2) is 9.78 Å². The number of aromatic amines is 1. The molecule has 2 fully saturated rings. The van der Waals surface area contributed by atoms with Gasteiger partial charge in [0.1, 0.15) is 5.65 Å². The number of pyridine rings is 1. The van der Waals surface area contributed by atoms with Crippen LogP contribution in [0.1, 0.15) is 68.7 Å². The van der Waals surface area contributed by atoms with Crippen LogP contribution < -0.4 is 5.32 Å². The first-order valence-electron chi connectivity index (χ1n) is 14.3. The number of aryl methyl sites for hydroxylation is 1. The summed E-state index contributed by atoms with van der Waals surface area (Å²) in [5.41, 5.74) is 7.05. The number of H-pyrrole nitrogens is 1. The molecular weight excluding hydrogens is 472 g/mol. The van der Waals surface area contributed by atoms with Gasteiger partial charge in [-0.2, -0.15) is 5.10 Å². The summed E-state index contributed by atoms with van der Waals surface area (Å²) in [5, 5.41) is 9.21. The fourth-order valence-electron chi connectivity index (χ4n) is 7.49. The van der Waals surface area contributed by atoms with E-state index in [0.717, 1.165) is 62.2 Å². The van der Waals surface area contributed by atoms with Crippen molar-refractivity contribution >= 4 is 17.1 Å². The first-order chi connectivity index (χ1) is 18.6. The van der Waals surface area contributed by atoms with Crippen molar-refractivity contribution in [3.05, 3.63) is 71.7 Å². The van der Waals surface area contributed by atoms with Crippen LogP contribution >= 0.6 is 0 Å². The molecule has 1 aliphatic carbocycles. The molecule has 2 amide bonds. The Kier molecular flexibility index (Phi) is 5.57. The van der Waals surface area contributed by atoms with Crippen molar-refractivity contribution < 1.29 is 4.79 Å². The third-order valence-electron chi connectivity index (χ3n) is 9.47. The minimum absolute atomic E-state index is 0.00652. The van der Waals surface area contributed by atoms with E-state index in [1.807, 2.05) is 18.0 Å². The zero-order valence-corrected chi connectivity index (χ0v) is 22.2. The normalized spacial score (nSPS) is 22.3. The summed E-state index contributed by atoms with van der Waals surface area (Å²) in [6.45, 7) is 5.10. The molecule has 1 atom stereocenters. The Morgan fingerprint density at radius 3 is 2.68 bits per heavy atom. The van der Waals surface area contributed by atoms with Crippen LogP contribution in [0.2, 0.25) is 0 Å². The predicted molar refractivity (Wildman–Crippen MR) is 149 cm³/mol. The summed E-state index contributed by atoms with van der Waals surface area (Å²) in [7, 11) is 0. The lowest BCUT2D eigenvalue weighted by Crippen LogP contribution is -2.40. The number of aromatic nitrogens is 4. The molecule has 1 unspecified atom stereocenters. The lowest BCUT2D eigenvalue weighted by atomic mass is 9.65. The summed E-state index contributed by atoms with van der Waals surface area (Å²) >= 11 is 0. The lowest BCUT2D eigenvalue weighted by molar-refractivity contribution is 0.206. The Balaban J connectivity index is 1.26. The van der Waals surface area contributed by atoms with E-state index in [0.29, 0.717) is 6.54 Å². The number of nitrogens with zero attached hydrogens (tertiary/aromatic N) is 4. The van der Waals surface area contributed by atoms with E-state index in [1.54, 1.807) is 0 Å². The number of hydrogen-bond donors (Lipinski definition) is 2. The van der Waals surface area contributed by atoms with Gasteiger partial charge in [0.2, 0.25) is 0 Å². The van der Waals surface area contributed by atoms with E-state index in [2.05, 4.69) is 63.6 Å². The Hall–Kier alpha value is -3.61. The number of urea groups is 1. The monoisotopic (exact) mass is 508 g/mol. The summed E-state index contributed by atoms with van der Waals surface area (Å²) < 4.78 is 2.17. The summed E-state index contributed by atoms with van der Waals surface area (Å²) in [4.78, 5) is 22.8. The molecule has 1 spiro atoms. The van der Waals surface area contributed by atoms with Gasteiger partial charge in [0.05, 0.1) is 5.69 Å². The van der Waals surface area contributed by atoms with Gasteiger partial charge in [-0.1, -0.05) is 49.6 Å². The highest BCUT2D eigenvalue weighted by Crippen LogP contribution is 2.48. The lowest BCUT2D eigenvalue weighted by Gasteiger charge is -2.38. The van der Waals surface area contributed by atoms with Crippen LogP contribution in [0.15, 0.2) is 54.9 Å². The molecule has 0 bridgehead atoms. The first-order valence-corrected chi connectivity index (χ1v) is 14.3. The molecule has 7 rings (SSSR count). The summed E-state index contributed by atoms with van der Waals surface area (Å²) in [6.07, 6.45) is 12.3. The van der Waals surface area contributed by atoms with Gasteiger partial charge in [0.15, 0.2) is 0 Å². The molecule has 3 aromatic heterocycles. The van der Waals surface area contributed by atoms with Crippen molar-refractivity contribution in [3.8, 4) is 11.3 Å². The number of carbonyl (C=O) groups excluding carboxylic acids is 1. The smallest absolute Gasteiger partial charge is 0.317 e. The van der Waals surface area contributed by atoms with Crippen LogP contribution in [0.5, 0.6) is 0 Å². The van der Waals surface area contributed by atoms with Crippen molar-refractivity contribution in [1.82, 2.24) is 30.0 Å². The molecule has 1 saturated heterocycles. The molecular formula is C31H36N6O. The molecule has 7 nitrogen and oxygen atoms in total. The van der Waals surface area contributed by atoms with Crippen LogP contribution in [-0.2, 0) is 17.4 Å². The molecule has 196 valence electrons. The second-order valence-corrected chi connectivity index (χ2v) is 11.5. The molecule has 3 aliphatic rings. The van der Waals surface area contributed by atoms with Crippen LogP contribution in [0.4, 0.5) is 4.79 Å². The average Bonchev–Trinajstić information content (AvgIpc) is 3.74. The number of hydrogen-bond acceptors (Lipinski definition) is 3. The quantitative estimate of drug-likeness (QED) is 0.368. The van der Waals surface area contributed by atoms with Gasteiger partial charge in [0.25, 0.3) is 0 Å². The van der Waals surface area contributed by atoms with Crippen LogP contribution in [0, 0.1) is 0 Å². The maximum absolute atomic E-state index is 12.5. The highest BCUT2D eigenvalue weighted by Gasteiger charge is 2.47. The van der Waals surface area contributed by atoms with E-state index >= 15 is 0 Å². The van der Waals surface area contributed by atoms with Crippen molar-refractivity contribution in [2.75, 3.05) is 19.6 Å². The molecule has 1 saturated carbocycles. The molecule has 4 aromatic rings. The first kappa shape index (κ1) is 23.5. The third-order valence-corrected chi connectivity index (χ3v) is 9.47. The third kappa shape index (κ3) is 3.58. The molecule has 5 heterocycles. The standard InChI is InChI=1S/C31H36N6O/c1-2-32-29(38)36-15-13-30(21-36)14-16-37-27(30)18-26(35-37)22-17-24-25(20-34-28(24)33-19-22)31(11-7-4-8-12-31)23-9-5-3-6-10-23/h3,5-6,9-10,17-20H,2,4,7-8,11-16,21H2,1H3,(H,32,38)(H,33,34). The topological polar surface area (TPSA) is 78.8 Å². The Morgan fingerprint density at radius 1 is 1.05 bits per heavy atom. The zero-order chi connectivity index (χ0) is 25.7. The fourth-order valence-corrected chi connectivity index (χ4v) is 7.49. The van der Waals surface area contributed by atoms with E-state index in [1.165, 1.54) is 41.5 Å². The van der Waals surface area contributed by atoms with Gasteiger partial charge in [-0.05, 0) is 55.9 Å². The second-order valence-electron chi connectivity index (χ2n) is 11.5. The fraction of sp³-hybridized carbons (Fsp3) is 0.452. The Bertz CT molecular complexity index is 1480. The molecule has 0 radical (unpaired) electrons. The van der Waals surface area contributed by atoms with E-state index in [4.69, 9.17) is 10.1 Å².